The van der Waals surface area contributed by atoms with E-state index in [2.05, 4.69) is 10.3 Å². The number of amides is 1. The molecule has 3 rings (SSSR count). The fraction of sp³-hybridized carbons (Fsp3) is 0.125. The number of nitrogens with one attached hydrogen (secondary N) is 1. The zero-order valence-electron chi connectivity index (χ0n) is 11.1. The number of nitrogens with zero attached hydrogens (tertiary/aromatic N) is 1. The first-order chi connectivity index (χ1) is 9.74. The Hall–Kier alpha value is -2.20. The summed E-state index contributed by atoms with van der Waals surface area (Å²) in [5.74, 6) is -0.0605. The van der Waals surface area contributed by atoms with Crippen molar-refractivity contribution in [2.75, 3.05) is 0 Å². The average Bonchev–Trinajstić information content (AvgIpc) is 2.90. The van der Waals surface area contributed by atoms with Gasteiger partial charge in [0.1, 0.15) is 5.01 Å². The maximum Gasteiger partial charge on any atom is 0.252 e. The van der Waals surface area contributed by atoms with Gasteiger partial charge in [-0.1, -0.05) is 36.4 Å². The number of rotatable bonds is 3. The molecule has 0 atom stereocenters. The lowest BCUT2D eigenvalue weighted by atomic mass is 10.0. The molecule has 1 amide bonds. The Bertz CT molecular complexity index is 759. The van der Waals surface area contributed by atoms with Crippen LogP contribution in [0, 0.1) is 6.92 Å². The van der Waals surface area contributed by atoms with Gasteiger partial charge in [-0.3, -0.25) is 4.79 Å². The van der Waals surface area contributed by atoms with E-state index in [1.807, 2.05) is 54.8 Å². The molecule has 0 saturated carbocycles. The van der Waals surface area contributed by atoms with Gasteiger partial charge >= 0.3 is 0 Å². The van der Waals surface area contributed by atoms with Crippen LogP contribution in [0.4, 0.5) is 0 Å². The molecule has 0 spiro atoms. The smallest absolute Gasteiger partial charge is 0.252 e. The summed E-state index contributed by atoms with van der Waals surface area (Å²) >= 11 is 1.56. The molecule has 0 aliphatic rings. The zero-order valence-corrected chi connectivity index (χ0v) is 11.9. The number of aromatic nitrogens is 1. The van der Waals surface area contributed by atoms with E-state index in [4.69, 9.17) is 0 Å². The molecule has 0 bridgehead atoms. The van der Waals surface area contributed by atoms with Gasteiger partial charge in [-0.15, -0.1) is 11.3 Å². The van der Waals surface area contributed by atoms with Crippen LogP contribution in [0.2, 0.25) is 0 Å². The number of hydrogen-bond acceptors (Lipinski definition) is 3. The van der Waals surface area contributed by atoms with Gasteiger partial charge in [0.05, 0.1) is 6.54 Å². The third kappa shape index (κ3) is 2.56. The maximum atomic E-state index is 12.3. The van der Waals surface area contributed by atoms with Gasteiger partial charge in [0.25, 0.3) is 5.91 Å². The van der Waals surface area contributed by atoms with Gasteiger partial charge in [0, 0.05) is 16.6 Å². The Morgan fingerprint density at radius 2 is 2.00 bits per heavy atom. The number of aryl methyl sites for hydroxylation is 1. The molecule has 20 heavy (non-hydrogen) atoms. The van der Waals surface area contributed by atoms with E-state index in [0.29, 0.717) is 12.1 Å². The van der Waals surface area contributed by atoms with Gasteiger partial charge in [0.15, 0.2) is 0 Å². The van der Waals surface area contributed by atoms with Crippen LogP contribution in [0.3, 0.4) is 0 Å². The van der Waals surface area contributed by atoms with Crippen molar-refractivity contribution in [1.29, 1.82) is 0 Å². The summed E-state index contributed by atoms with van der Waals surface area (Å²) in [5.41, 5.74) is 1.70. The summed E-state index contributed by atoms with van der Waals surface area (Å²) in [6, 6.07) is 13.7. The van der Waals surface area contributed by atoms with Crippen LogP contribution in [0.25, 0.3) is 10.8 Å². The van der Waals surface area contributed by atoms with E-state index in [9.17, 15) is 4.79 Å². The van der Waals surface area contributed by atoms with Crippen LogP contribution in [0.1, 0.15) is 21.1 Å². The third-order valence-electron chi connectivity index (χ3n) is 3.10. The van der Waals surface area contributed by atoms with E-state index in [1.54, 1.807) is 11.3 Å². The van der Waals surface area contributed by atoms with Crippen molar-refractivity contribution in [3.05, 3.63) is 64.1 Å². The summed E-state index contributed by atoms with van der Waals surface area (Å²) in [6.45, 7) is 2.42. The molecule has 1 heterocycles. The second-order valence-corrected chi connectivity index (χ2v) is 5.53. The minimum absolute atomic E-state index is 0.0605. The van der Waals surface area contributed by atoms with Crippen molar-refractivity contribution in [3.8, 4) is 0 Å². The predicted molar refractivity (Wildman–Crippen MR) is 82.0 cm³/mol. The topological polar surface area (TPSA) is 42.0 Å². The molecule has 2 aromatic carbocycles. The minimum Gasteiger partial charge on any atom is -0.346 e. The first-order valence-electron chi connectivity index (χ1n) is 6.41. The fourth-order valence-corrected chi connectivity index (χ4v) is 2.87. The maximum absolute atomic E-state index is 12.3. The molecule has 0 aliphatic heterocycles. The van der Waals surface area contributed by atoms with Gasteiger partial charge < -0.3 is 5.32 Å². The lowest BCUT2D eigenvalue weighted by molar-refractivity contribution is 0.0952. The standard InChI is InChI=1S/C16H14N2OS/c1-11-10-20-15(18-11)9-17-16(19)14-8-4-6-12-5-2-3-7-13(12)14/h2-8,10H,9H2,1H3,(H,17,19). The summed E-state index contributed by atoms with van der Waals surface area (Å²) in [5, 5.41) is 7.89. The molecule has 0 saturated heterocycles. The first kappa shape index (κ1) is 12.8. The van der Waals surface area contributed by atoms with E-state index >= 15 is 0 Å². The Kier molecular flexibility index (Phi) is 3.48. The number of fused-ring (bicyclic) bond motifs is 1. The minimum atomic E-state index is -0.0605. The Labute approximate surface area is 121 Å². The number of benzene rings is 2. The van der Waals surface area contributed by atoms with Crippen molar-refractivity contribution >= 4 is 28.0 Å². The van der Waals surface area contributed by atoms with Crippen LogP contribution >= 0.6 is 11.3 Å². The first-order valence-corrected chi connectivity index (χ1v) is 7.29. The molecule has 3 nitrogen and oxygen atoms in total. The Morgan fingerprint density at radius 3 is 2.80 bits per heavy atom. The normalized spacial score (nSPS) is 10.7. The van der Waals surface area contributed by atoms with Crippen molar-refractivity contribution < 1.29 is 4.79 Å². The molecular formula is C16H14N2OS. The van der Waals surface area contributed by atoms with E-state index < -0.39 is 0 Å². The Balaban J connectivity index is 1.82. The van der Waals surface area contributed by atoms with Crippen LogP contribution in [-0.2, 0) is 6.54 Å². The van der Waals surface area contributed by atoms with Gasteiger partial charge in [0.2, 0.25) is 0 Å². The van der Waals surface area contributed by atoms with Crippen LogP contribution in [-0.4, -0.2) is 10.9 Å². The molecular weight excluding hydrogens is 268 g/mol. The SMILES string of the molecule is Cc1csc(CNC(=O)c2cccc3ccccc23)n1. The number of carbonyl (C=O) groups is 1. The third-order valence-corrected chi connectivity index (χ3v) is 4.07. The van der Waals surface area contributed by atoms with Crippen molar-refractivity contribution in [2.24, 2.45) is 0 Å². The van der Waals surface area contributed by atoms with Gasteiger partial charge in [-0.25, -0.2) is 4.98 Å². The second-order valence-electron chi connectivity index (χ2n) is 4.59. The summed E-state index contributed by atoms with van der Waals surface area (Å²) < 4.78 is 0. The summed E-state index contributed by atoms with van der Waals surface area (Å²) in [7, 11) is 0. The van der Waals surface area contributed by atoms with Crippen LogP contribution in [0.15, 0.2) is 47.8 Å². The van der Waals surface area contributed by atoms with E-state index in [0.717, 1.165) is 21.5 Å². The highest BCUT2D eigenvalue weighted by molar-refractivity contribution is 7.09. The molecule has 0 unspecified atom stereocenters. The monoisotopic (exact) mass is 282 g/mol. The molecule has 0 aliphatic carbocycles. The molecule has 0 radical (unpaired) electrons. The second kappa shape index (κ2) is 5.43. The highest BCUT2D eigenvalue weighted by atomic mass is 32.1. The number of thiazole rings is 1. The summed E-state index contributed by atoms with van der Waals surface area (Å²) in [4.78, 5) is 16.6. The summed E-state index contributed by atoms with van der Waals surface area (Å²) in [6.07, 6.45) is 0. The van der Waals surface area contributed by atoms with E-state index in [1.165, 1.54) is 0 Å². The molecule has 1 N–H and O–H groups in total. The highest BCUT2D eigenvalue weighted by Gasteiger charge is 2.09. The lowest BCUT2D eigenvalue weighted by Crippen LogP contribution is -2.22. The lowest BCUT2D eigenvalue weighted by Gasteiger charge is -2.06. The molecule has 4 heteroatoms. The van der Waals surface area contributed by atoms with E-state index in [-0.39, 0.29) is 5.91 Å². The van der Waals surface area contributed by atoms with Gasteiger partial charge in [-0.05, 0) is 23.8 Å². The number of carbonyl (C=O) groups excluding carboxylic acids is 1. The van der Waals surface area contributed by atoms with Crippen LogP contribution in [0.5, 0.6) is 0 Å². The molecule has 0 fully saturated rings. The Morgan fingerprint density at radius 1 is 1.20 bits per heavy atom. The zero-order chi connectivity index (χ0) is 13.9. The largest absolute Gasteiger partial charge is 0.346 e. The molecule has 100 valence electrons. The quantitative estimate of drug-likeness (QED) is 0.798. The van der Waals surface area contributed by atoms with Crippen molar-refractivity contribution in [1.82, 2.24) is 10.3 Å². The van der Waals surface area contributed by atoms with Crippen LogP contribution < -0.4 is 5.32 Å². The number of hydrogen-bond donors (Lipinski definition) is 1. The highest BCUT2D eigenvalue weighted by Crippen LogP contribution is 2.18. The fourth-order valence-electron chi connectivity index (χ4n) is 2.16. The van der Waals surface area contributed by atoms with Crippen molar-refractivity contribution in [2.45, 2.75) is 13.5 Å². The van der Waals surface area contributed by atoms with Crippen molar-refractivity contribution in [3.63, 3.8) is 0 Å². The molecule has 3 aromatic rings. The average molecular weight is 282 g/mol. The predicted octanol–water partition coefficient (Wildman–Crippen LogP) is 3.53. The molecule has 1 aromatic heterocycles. The van der Waals surface area contributed by atoms with Gasteiger partial charge in [-0.2, -0.15) is 0 Å².